The van der Waals surface area contributed by atoms with Crippen molar-refractivity contribution >= 4 is 17.8 Å². The molecule has 0 aliphatic carbocycles. The lowest BCUT2D eigenvalue weighted by Crippen LogP contribution is -2.20. The Labute approximate surface area is 87.9 Å². The highest BCUT2D eigenvalue weighted by Gasteiger charge is 2.19. The van der Waals surface area contributed by atoms with Crippen LogP contribution in [-0.4, -0.2) is 19.5 Å². The molecule has 15 heavy (non-hydrogen) atoms. The molecule has 1 fully saturated rings. The number of para-hydroxylation sites is 1. The van der Waals surface area contributed by atoms with Gasteiger partial charge in [0, 0.05) is 13.1 Å². The molecule has 0 spiro atoms. The summed E-state index contributed by atoms with van der Waals surface area (Å²) in [6.07, 6.45) is 2.73. The van der Waals surface area contributed by atoms with Gasteiger partial charge in [0.2, 0.25) is 6.41 Å². The predicted octanol–water partition coefficient (Wildman–Crippen LogP) is 1.99. The molecule has 0 aromatic heterocycles. The van der Waals surface area contributed by atoms with Crippen LogP contribution in [0.5, 0.6) is 0 Å². The topological polar surface area (TPSA) is 32.3 Å². The van der Waals surface area contributed by atoms with Crippen LogP contribution >= 0.6 is 0 Å². The second-order valence-corrected chi connectivity index (χ2v) is 3.59. The van der Waals surface area contributed by atoms with Gasteiger partial charge in [-0.1, -0.05) is 6.07 Å². The maximum Gasteiger partial charge on any atom is 0.211 e. The van der Waals surface area contributed by atoms with Gasteiger partial charge < -0.3 is 10.2 Å². The Hall–Kier alpha value is -1.58. The lowest BCUT2D eigenvalue weighted by Gasteiger charge is -2.21. The Morgan fingerprint density at radius 2 is 2.07 bits per heavy atom. The third-order valence-corrected chi connectivity index (χ3v) is 2.62. The van der Waals surface area contributed by atoms with Gasteiger partial charge in [-0.3, -0.25) is 4.79 Å². The highest BCUT2D eigenvalue weighted by molar-refractivity contribution is 5.81. The molecule has 0 atom stereocenters. The number of rotatable bonds is 3. The molecule has 1 aromatic carbocycles. The van der Waals surface area contributed by atoms with Crippen molar-refractivity contribution < 1.29 is 9.18 Å². The van der Waals surface area contributed by atoms with Gasteiger partial charge >= 0.3 is 0 Å². The van der Waals surface area contributed by atoms with Crippen LogP contribution in [-0.2, 0) is 4.79 Å². The van der Waals surface area contributed by atoms with Crippen molar-refractivity contribution in [3.63, 3.8) is 0 Å². The molecule has 1 aliphatic rings. The average molecular weight is 208 g/mol. The van der Waals surface area contributed by atoms with Crippen molar-refractivity contribution in [1.29, 1.82) is 0 Å². The van der Waals surface area contributed by atoms with Crippen LogP contribution in [0.1, 0.15) is 12.8 Å². The van der Waals surface area contributed by atoms with Gasteiger partial charge in [0.05, 0.1) is 11.4 Å². The van der Waals surface area contributed by atoms with Gasteiger partial charge in [-0.25, -0.2) is 4.39 Å². The zero-order valence-electron chi connectivity index (χ0n) is 8.37. The Bertz CT molecular complexity index is 362. The molecule has 0 saturated carbocycles. The minimum Gasteiger partial charge on any atom is -0.367 e. The van der Waals surface area contributed by atoms with Crippen LogP contribution in [0.25, 0.3) is 0 Å². The van der Waals surface area contributed by atoms with Crippen molar-refractivity contribution in [2.45, 2.75) is 12.8 Å². The summed E-state index contributed by atoms with van der Waals surface area (Å²) >= 11 is 0. The third-order valence-electron chi connectivity index (χ3n) is 2.62. The standard InChI is InChI=1S/C11H13FN2O/c12-9-4-3-5-10(13-8-15)11(9)14-6-1-2-7-14/h3-5,8H,1-2,6-7H2,(H,13,15). The van der Waals surface area contributed by atoms with E-state index in [1.54, 1.807) is 12.1 Å². The highest BCUT2D eigenvalue weighted by atomic mass is 19.1. The summed E-state index contributed by atoms with van der Waals surface area (Å²) in [5, 5.41) is 2.53. The van der Waals surface area contributed by atoms with E-state index in [1.165, 1.54) is 6.07 Å². The summed E-state index contributed by atoms with van der Waals surface area (Å²) in [7, 11) is 0. The average Bonchev–Trinajstić information content (AvgIpc) is 2.71. The van der Waals surface area contributed by atoms with Crippen LogP contribution in [0.3, 0.4) is 0 Å². The molecule has 2 rings (SSSR count). The Kier molecular flexibility index (Phi) is 2.85. The first-order chi connectivity index (χ1) is 7.33. The number of hydrogen-bond acceptors (Lipinski definition) is 2. The molecule has 1 saturated heterocycles. The molecule has 4 heteroatoms. The van der Waals surface area contributed by atoms with Crippen LogP contribution < -0.4 is 10.2 Å². The molecule has 1 aromatic rings. The molecule has 80 valence electrons. The number of nitrogens with zero attached hydrogens (tertiary/aromatic N) is 1. The predicted molar refractivity (Wildman–Crippen MR) is 57.5 cm³/mol. The SMILES string of the molecule is O=CNc1cccc(F)c1N1CCCC1. The summed E-state index contributed by atoms with van der Waals surface area (Å²) in [6.45, 7) is 1.71. The Morgan fingerprint density at radius 3 is 2.73 bits per heavy atom. The molecular weight excluding hydrogens is 195 g/mol. The van der Waals surface area contributed by atoms with Crippen LogP contribution in [0.4, 0.5) is 15.8 Å². The van der Waals surface area contributed by atoms with Gasteiger partial charge in [0.25, 0.3) is 0 Å². The van der Waals surface area contributed by atoms with Crippen molar-refractivity contribution in [1.82, 2.24) is 0 Å². The maximum absolute atomic E-state index is 13.6. The molecular formula is C11H13FN2O. The van der Waals surface area contributed by atoms with Crippen LogP contribution in [0.15, 0.2) is 18.2 Å². The maximum atomic E-state index is 13.6. The fraction of sp³-hybridized carbons (Fsp3) is 0.364. The quantitative estimate of drug-likeness (QED) is 0.770. The van der Waals surface area contributed by atoms with E-state index in [4.69, 9.17) is 0 Å². The van der Waals surface area contributed by atoms with Gasteiger partial charge in [-0.05, 0) is 25.0 Å². The first-order valence-corrected chi connectivity index (χ1v) is 5.06. The molecule has 1 heterocycles. The Balaban J connectivity index is 2.36. The largest absolute Gasteiger partial charge is 0.367 e. The molecule has 3 nitrogen and oxygen atoms in total. The number of anilines is 2. The minimum atomic E-state index is -0.274. The molecule has 0 bridgehead atoms. The highest BCUT2D eigenvalue weighted by Crippen LogP contribution is 2.31. The zero-order chi connectivity index (χ0) is 10.7. The van der Waals surface area contributed by atoms with E-state index < -0.39 is 0 Å². The van der Waals surface area contributed by atoms with E-state index in [0.717, 1.165) is 25.9 Å². The number of carbonyl (C=O) groups is 1. The molecule has 0 unspecified atom stereocenters. The zero-order valence-corrected chi connectivity index (χ0v) is 8.37. The number of hydrogen-bond donors (Lipinski definition) is 1. The second kappa shape index (κ2) is 4.29. The molecule has 1 amide bonds. The number of amides is 1. The number of carbonyl (C=O) groups excluding carboxylic acids is 1. The summed E-state index contributed by atoms with van der Waals surface area (Å²) in [4.78, 5) is 12.4. The van der Waals surface area contributed by atoms with Crippen molar-refractivity contribution in [2.24, 2.45) is 0 Å². The van der Waals surface area contributed by atoms with Crippen LogP contribution in [0.2, 0.25) is 0 Å². The third kappa shape index (κ3) is 1.93. The van der Waals surface area contributed by atoms with Crippen molar-refractivity contribution in [3.8, 4) is 0 Å². The lowest BCUT2D eigenvalue weighted by atomic mass is 10.2. The minimum absolute atomic E-state index is 0.274. The van der Waals surface area contributed by atoms with Gasteiger partial charge in [0.15, 0.2) is 0 Å². The lowest BCUT2D eigenvalue weighted by molar-refractivity contribution is -0.105. The summed E-state index contributed by atoms with van der Waals surface area (Å²) in [5.74, 6) is -0.274. The second-order valence-electron chi connectivity index (χ2n) is 3.59. The summed E-state index contributed by atoms with van der Waals surface area (Å²) in [6, 6.07) is 4.73. The monoisotopic (exact) mass is 208 g/mol. The van der Waals surface area contributed by atoms with Gasteiger partial charge in [-0.15, -0.1) is 0 Å². The molecule has 0 radical (unpaired) electrons. The van der Waals surface area contributed by atoms with Gasteiger partial charge in [-0.2, -0.15) is 0 Å². The summed E-state index contributed by atoms with van der Waals surface area (Å²) in [5.41, 5.74) is 1.06. The summed E-state index contributed by atoms with van der Waals surface area (Å²) < 4.78 is 13.6. The fourth-order valence-corrected chi connectivity index (χ4v) is 1.96. The van der Waals surface area contributed by atoms with E-state index in [1.807, 2.05) is 4.90 Å². The number of benzene rings is 1. The van der Waals surface area contributed by atoms with Crippen LogP contribution in [0, 0.1) is 5.82 Å². The van der Waals surface area contributed by atoms with Crippen molar-refractivity contribution in [3.05, 3.63) is 24.0 Å². The number of halogens is 1. The van der Waals surface area contributed by atoms with Crippen molar-refractivity contribution in [2.75, 3.05) is 23.3 Å². The van der Waals surface area contributed by atoms with Gasteiger partial charge in [0.1, 0.15) is 5.82 Å². The van der Waals surface area contributed by atoms with E-state index in [0.29, 0.717) is 17.8 Å². The smallest absolute Gasteiger partial charge is 0.211 e. The normalized spacial score (nSPS) is 15.4. The fourth-order valence-electron chi connectivity index (χ4n) is 1.96. The first-order valence-electron chi connectivity index (χ1n) is 5.06. The Morgan fingerprint density at radius 1 is 1.33 bits per heavy atom. The molecule has 1 aliphatic heterocycles. The van der Waals surface area contributed by atoms with E-state index in [-0.39, 0.29) is 5.82 Å². The van der Waals surface area contributed by atoms with E-state index >= 15 is 0 Å². The first kappa shape index (κ1) is 9.96. The number of nitrogens with one attached hydrogen (secondary N) is 1. The molecule has 1 N–H and O–H groups in total. The van der Waals surface area contributed by atoms with E-state index in [9.17, 15) is 9.18 Å². The van der Waals surface area contributed by atoms with E-state index in [2.05, 4.69) is 5.32 Å².